The lowest BCUT2D eigenvalue weighted by Crippen LogP contribution is -2.43. The lowest BCUT2D eigenvalue weighted by Gasteiger charge is -2.31. The highest BCUT2D eigenvalue weighted by atomic mass is 15.2. The van der Waals surface area contributed by atoms with Crippen LogP contribution < -0.4 is 5.32 Å². The summed E-state index contributed by atoms with van der Waals surface area (Å²) in [7, 11) is 2.07. The number of hydrogen-bond donors (Lipinski definition) is 1. The quantitative estimate of drug-likeness (QED) is 0.643. The standard InChI is InChI=1S/C12H26N2/c1-4-6-12(10-13-3)14(9-5-2)11-7-8-11/h11-13H,4-10H2,1-3H3. The van der Waals surface area contributed by atoms with Gasteiger partial charge >= 0.3 is 0 Å². The summed E-state index contributed by atoms with van der Waals surface area (Å²) in [5, 5.41) is 3.33. The van der Waals surface area contributed by atoms with Gasteiger partial charge in [-0.05, 0) is 39.3 Å². The Labute approximate surface area is 89.1 Å². The van der Waals surface area contributed by atoms with Crippen molar-refractivity contribution in [3.05, 3.63) is 0 Å². The van der Waals surface area contributed by atoms with Gasteiger partial charge in [0.2, 0.25) is 0 Å². The highest BCUT2D eigenvalue weighted by Crippen LogP contribution is 2.29. The van der Waals surface area contributed by atoms with E-state index in [4.69, 9.17) is 0 Å². The van der Waals surface area contributed by atoms with Crippen molar-refractivity contribution >= 4 is 0 Å². The molecule has 0 spiro atoms. The molecule has 1 fully saturated rings. The molecule has 0 amide bonds. The number of nitrogens with one attached hydrogen (secondary N) is 1. The molecule has 0 saturated heterocycles. The molecule has 0 aromatic carbocycles. The molecular formula is C12H26N2. The molecule has 84 valence electrons. The first-order valence-electron chi connectivity index (χ1n) is 6.23. The van der Waals surface area contributed by atoms with Crippen molar-refractivity contribution in [2.45, 2.75) is 58.0 Å². The molecule has 1 aliphatic carbocycles. The molecule has 0 radical (unpaired) electrons. The van der Waals surface area contributed by atoms with Crippen molar-refractivity contribution in [3.63, 3.8) is 0 Å². The Morgan fingerprint density at radius 2 is 2.00 bits per heavy atom. The lowest BCUT2D eigenvalue weighted by molar-refractivity contribution is 0.174. The summed E-state index contributed by atoms with van der Waals surface area (Å²) in [6.07, 6.45) is 6.81. The van der Waals surface area contributed by atoms with Gasteiger partial charge in [-0.2, -0.15) is 0 Å². The van der Waals surface area contributed by atoms with Gasteiger partial charge in [0.25, 0.3) is 0 Å². The molecule has 0 bridgehead atoms. The highest BCUT2D eigenvalue weighted by Gasteiger charge is 2.32. The van der Waals surface area contributed by atoms with E-state index in [1.54, 1.807) is 0 Å². The van der Waals surface area contributed by atoms with Crippen molar-refractivity contribution in [2.24, 2.45) is 0 Å². The summed E-state index contributed by atoms with van der Waals surface area (Å²) >= 11 is 0. The van der Waals surface area contributed by atoms with Crippen molar-refractivity contribution in [2.75, 3.05) is 20.1 Å². The van der Waals surface area contributed by atoms with Crippen molar-refractivity contribution < 1.29 is 0 Å². The fourth-order valence-electron chi connectivity index (χ4n) is 2.28. The summed E-state index contributed by atoms with van der Waals surface area (Å²) < 4.78 is 0. The van der Waals surface area contributed by atoms with E-state index < -0.39 is 0 Å². The predicted molar refractivity (Wildman–Crippen MR) is 62.6 cm³/mol. The van der Waals surface area contributed by atoms with Gasteiger partial charge in [0.15, 0.2) is 0 Å². The van der Waals surface area contributed by atoms with Crippen LogP contribution >= 0.6 is 0 Å². The SMILES string of the molecule is CCCC(CNC)N(CCC)C1CC1. The Kier molecular flexibility index (Phi) is 5.49. The van der Waals surface area contributed by atoms with Crippen LogP contribution in [0.1, 0.15) is 46.0 Å². The molecule has 1 rings (SSSR count). The summed E-state index contributed by atoms with van der Waals surface area (Å²) in [6.45, 7) is 7.03. The van der Waals surface area contributed by atoms with E-state index in [0.717, 1.165) is 18.6 Å². The number of rotatable bonds is 8. The molecule has 0 heterocycles. The Morgan fingerprint density at radius 1 is 1.29 bits per heavy atom. The Morgan fingerprint density at radius 3 is 2.43 bits per heavy atom. The molecule has 0 aromatic rings. The number of hydrogen-bond acceptors (Lipinski definition) is 2. The first kappa shape index (κ1) is 12.0. The maximum atomic E-state index is 3.33. The highest BCUT2D eigenvalue weighted by molar-refractivity contribution is 4.89. The zero-order valence-electron chi connectivity index (χ0n) is 10.1. The van der Waals surface area contributed by atoms with Gasteiger partial charge in [-0.25, -0.2) is 0 Å². The monoisotopic (exact) mass is 198 g/mol. The molecule has 2 heteroatoms. The Hall–Kier alpha value is -0.0800. The molecule has 1 atom stereocenters. The lowest BCUT2D eigenvalue weighted by atomic mass is 10.1. The third-order valence-electron chi connectivity index (χ3n) is 3.03. The van der Waals surface area contributed by atoms with E-state index in [0.29, 0.717) is 0 Å². The zero-order chi connectivity index (χ0) is 10.4. The third kappa shape index (κ3) is 3.58. The topological polar surface area (TPSA) is 15.3 Å². The first-order chi connectivity index (χ1) is 6.83. The van der Waals surface area contributed by atoms with Crippen LogP contribution in [0.5, 0.6) is 0 Å². The fraction of sp³-hybridized carbons (Fsp3) is 1.00. The fourth-order valence-corrected chi connectivity index (χ4v) is 2.28. The van der Waals surface area contributed by atoms with E-state index in [-0.39, 0.29) is 0 Å². The second kappa shape index (κ2) is 6.41. The Balaban J connectivity index is 2.41. The van der Waals surface area contributed by atoms with Crippen LogP contribution in [-0.4, -0.2) is 37.1 Å². The largest absolute Gasteiger partial charge is 0.318 e. The molecule has 1 unspecified atom stereocenters. The van der Waals surface area contributed by atoms with Crippen LogP contribution in [0.3, 0.4) is 0 Å². The van der Waals surface area contributed by atoms with Crippen LogP contribution in [0, 0.1) is 0 Å². The van der Waals surface area contributed by atoms with Crippen LogP contribution in [0.15, 0.2) is 0 Å². The second-order valence-electron chi connectivity index (χ2n) is 4.47. The van der Waals surface area contributed by atoms with Gasteiger partial charge in [-0.15, -0.1) is 0 Å². The van der Waals surface area contributed by atoms with Gasteiger partial charge in [0, 0.05) is 18.6 Å². The van der Waals surface area contributed by atoms with Crippen molar-refractivity contribution in [1.29, 1.82) is 0 Å². The summed E-state index contributed by atoms with van der Waals surface area (Å²) in [6, 6.07) is 1.69. The van der Waals surface area contributed by atoms with Crippen LogP contribution in [0.4, 0.5) is 0 Å². The van der Waals surface area contributed by atoms with E-state index in [1.807, 2.05) is 0 Å². The second-order valence-corrected chi connectivity index (χ2v) is 4.47. The molecule has 1 saturated carbocycles. The minimum Gasteiger partial charge on any atom is -0.318 e. The normalized spacial score (nSPS) is 18.9. The molecule has 0 aromatic heterocycles. The average Bonchev–Trinajstić information content (AvgIpc) is 2.97. The summed E-state index contributed by atoms with van der Waals surface area (Å²) in [5.41, 5.74) is 0. The van der Waals surface area contributed by atoms with Crippen LogP contribution in [-0.2, 0) is 0 Å². The van der Waals surface area contributed by atoms with Crippen molar-refractivity contribution in [3.8, 4) is 0 Å². The smallest absolute Gasteiger partial charge is 0.0223 e. The number of likely N-dealkylation sites (N-methyl/N-ethyl adjacent to an activating group) is 1. The Bertz CT molecular complexity index is 137. The van der Waals surface area contributed by atoms with Gasteiger partial charge in [0.05, 0.1) is 0 Å². The van der Waals surface area contributed by atoms with Crippen LogP contribution in [0.25, 0.3) is 0 Å². The van der Waals surface area contributed by atoms with Crippen molar-refractivity contribution in [1.82, 2.24) is 10.2 Å². The zero-order valence-corrected chi connectivity index (χ0v) is 10.1. The summed E-state index contributed by atoms with van der Waals surface area (Å²) in [4.78, 5) is 2.74. The van der Waals surface area contributed by atoms with E-state index >= 15 is 0 Å². The molecule has 1 aliphatic rings. The molecule has 2 nitrogen and oxygen atoms in total. The molecule has 14 heavy (non-hydrogen) atoms. The van der Waals surface area contributed by atoms with E-state index in [9.17, 15) is 0 Å². The van der Waals surface area contributed by atoms with Gasteiger partial charge < -0.3 is 5.32 Å². The minimum absolute atomic E-state index is 0.775. The van der Waals surface area contributed by atoms with Gasteiger partial charge in [-0.1, -0.05) is 20.3 Å². The van der Waals surface area contributed by atoms with Gasteiger partial charge in [-0.3, -0.25) is 4.90 Å². The average molecular weight is 198 g/mol. The maximum absolute atomic E-state index is 3.33. The third-order valence-corrected chi connectivity index (χ3v) is 3.03. The molecular weight excluding hydrogens is 172 g/mol. The maximum Gasteiger partial charge on any atom is 0.0223 e. The number of nitrogens with zero attached hydrogens (tertiary/aromatic N) is 1. The molecule has 0 aliphatic heterocycles. The first-order valence-corrected chi connectivity index (χ1v) is 6.23. The van der Waals surface area contributed by atoms with Crippen LogP contribution in [0.2, 0.25) is 0 Å². The summed E-state index contributed by atoms with van der Waals surface area (Å²) in [5.74, 6) is 0. The predicted octanol–water partition coefficient (Wildman–Crippen LogP) is 2.25. The van der Waals surface area contributed by atoms with E-state index in [1.165, 1.54) is 38.6 Å². The molecule has 1 N–H and O–H groups in total. The van der Waals surface area contributed by atoms with E-state index in [2.05, 4.69) is 31.1 Å². The minimum atomic E-state index is 0.775. The van der Waals surface area contributed by atoms with Gasteiger partial charge in [0.1, 0.15) is 0 Å².